The molecule has 0 bridgehead atoms. The molecule has 0 atom stereocenters. The molecule has 0 spiro atoms. The minimum absolute atomic E-state index is 1.04. The second-order valence-corrected chi connectivity index (χ2v) is 6.16. The minimum atomic E-state index is 1.04. The van der Waals surface area contributed by atoms with Gasteiger partial charge in [-0.1, -0.05) is 77.6 Å². The Labute approximate surface area is 115 Å². The quantitative estimate of drug-likeness (QED) is 0.493. The molecule has 0 unspecified atom stereocenters. The van der Waals surface area contributed by atoms with Gasteiger partial charge in [0.1, 0.15) is 0 Å². The highest BCUT2D eigenvalue weighted by Gasteiger charge is 2.12. The maximum atomic E-state index is 3.63. The fraction of sp³-hybridized carbons (Fsp3) is 1.00. The average molecular weight is 253 g/mol. The highest BCUT2D eigenvalue weighted by atomic mass is 14.8. The van der Waals surface area contributed by atoms with Crippen molar-refractivity contribution >= 4 is 0 Å². The third kappa shape index (κ3) is 8.97. The number of nitrogens with one attached hydrogen (secondary N) is 1. The molecule has 1 aliphatic carbocycles. The van der Waals surface area contributed by atoms with Crippen LogP contribution in [-0.2, 0) is 0 Å². The van der Waals surface area contributed by atoms with Gasteiger partial charge in [0, 0.05) is 0 Å². The summed E-state index contributed by atoms with van der Waals surface area (Å²) in [5.74, 6) is 1.04. The molecule has 1 saturated carbocycles. The third-order valence-electron chi connectivity index (χ3n) is 4.41. The predicted molar refractivity (Wildman–Crippen MR) is 82.1 cm³/mol. The smallest absolute Gasteiger partial charge is 0.00463 e. The summed E-state index contributed by atoms with van der Waals surface area (Å²) < 4.78 is 0. The Balaban J connectivity index is 1.73. The van der Waals surface area contributed by atoms with Crippen LogP contribution in [0.3, 0.4) is 0 Å². The Morgan fingerprint density at radius 1 is 0.778 bits per heavy atom. The Kier molecular flexibility index (Phi) is 10.7. The van der Waals surface area contributed by atoms with E-state index in [0.29, 0.717) is 0 Å². The maximum absolute atomic E-state index is 3.63. The number of hydrogen-bond acceptors (Lipinski definition) is 1. The van der Waals surface area contributed by atoms with Crippen molar-refractivity contribution in [2.45, 2.75) is 90.4 Å². The fourth-order valence-electron chi connectivity index (χ4n) is 3.11. The zero-order chi connectivity index (χ0) is 12.9. The molecular weight excluding hydrogens is 218 g/mol. The molecule has 1 nitrogen and oxygen atoms in total. The van der Waals surface area contributed by atoms with E-state index < -0.39 is 0 Å². The van der Waals surface area contributed by atoms with Crippen molar-refractivity contribution in [1.29, 1.82) is 0 Å². The van der Waals surface area contributed by atoms with E-state index in [1.165, 1.54) is 96.6 Å². The topological polar surface area (TPSA) is 12.0 Å². The van der Waals surface area contributed by atoms with Crippen molar-refractivity contribution < 1.29 is 0 Å². The molecule has 1 aliphatic rings. The maximum Gasteiger partial charge on any atom is -0.00463 e. The van der Waals surface area contributed by atoms with Crippen LogP contribution in [-0.4, -0.2) is 13.1 Å². The van der Waals surface area contributed by atoms with Crippen molar-refractivity contribution in [2.75, 3.05) is 13.1 Å². The van der Waals surface area contributed by atoms with Crippen LogP contribution >= 0.6 is 0 Å². The first-order valence-corrected chi connectivity index (χ1v) is 8.64. The van der Waals surface area contributed by atoms with Gasteiger partial charge in [0.15, 0.2) is 0 Å². The van der Waals surface area contributed by atoms with Gasteiger partial charge in [0.05, 0.1) is 0 Å². The lowest BCUT2D eigenvalue weighted by Crippen LogP contribution is -2.20. The van der Waals surface area contributed by atoms with E-state index in [1.807, 2.05) is 0 Å². The zero-order valence-electron chi connectivity index (χ0n) is 12.7. The van der Waals surface area contributed by atoms with Crippen LogP contribution in [0.15, 0.2) is 0 Å². The lowest BCUT2D eigenvalue weighted by Gasteiger charge is -2.21. The van der Waals surface area contributed by atoms with Gasteiger partial charge in [-0.2, -0.15) is 0 Å². The summed E-state index contributed by atoms with van der Waals surface area (Å²) in [5, 5.41) is 3.63. The van der Waals surface area contributed by atoms with E-state index in [0.717, 1.165) is 5.92 Å². The molecule has 108 valence electrons. The lowest BCUT2D eigenvalue weighted by molar-refractivity contribution is 0.333. The first-order valence-electron chi connectivity index (χ1n) is 8.64. The summed E-state index contributed by atoms with van der Waals surface area (Å²) in [5.41, 5.74) is 0. The van der Waals surface area contributed by atoms with Gasteiger partial charge in [0.25, 0.3) is 0 Å². The third-order valence-corrected chi connectivity index (χ3v) is 4.41. The van der Waals surface area contributed by atoms with E-state index in [1.54, 1.807) is 0 Å². The number of rotatable bonds is 11. The predicted octanol–water partition coefficient (Wildman–Crippen LogP) is 5.30. The van der Waals surface area contributed by atoms with Crippen LogP contribution in [0.25, 0.3) is 0 Å². The number of unbranched alkanes of at least 4 members (excludes halogenated alkanes) is 6. The highest BCUT2D eigenvalue weighted by molar-refractivity contribution is 4.66. The summed E-state index contributed by atoms with van der Waals surface area (Å²) in [6.07, 6.45) is 18.9. The van der Waals surface area contributed by atoms with Gasteiger partial charge >= 0.3 is 0 Å². The van der Waals surface area contributed by atoms with Crippen molar-refractivity contribution in [3.05, 3.63) is 0 Å². The average Bonchev–Trinajstić information content (AvgIpc) is 2.42. The van der Waals surface area contributed by atoms with E-state index in [-0.39, 0.29) is 0 Å². The fourth-order valence-corrected chi connectivity index (χ4v) is 3.11. The summed E-state index contributed by atoms with van der Waals surface area (Å²) in [7, 11) is 0. The normalized spacial score (nSPS) is 17.2. The standard InChI is InChI=1S/C17H35N/c1-2-3-4-5-6-7-11-15-18-16-14-17-12-9-8-10-13-17/h17-18H,2-16H2,1H3. The van der Waals surface area contributed by atoms with Gasteiger partial charge in [-0.25, -0.2) is 0 Å². The van der Waals surface area contributed by atoms with Gasteiger partial charge < -0.3 is 5.32 Å². The molecule has 0 saturated heterocycles. The minimum Gasteiger partial charge on any atom is -0.317 e. The van der Waals surface area contributed by atoms with Crippen molar-refractivity contribution in [3.63, 3.8) is 0 Å². The molecular formula is C17H35N. The largest absolute Gasteiger partial charge is 0.317 e. The van der Waals surface area contributed by atoms with Gasteiger partial charge in [0.2, 0.25) is 0 Å². The van der Waals surface area contributed by atoms with Crippen LogP contribution in [0.4, 0.5) is 0 Å². The molecule has 0 aromatic rings. The summed E-state index contributed by atoms with van der Waals surface area (Å²) in [6.45, 7) is 4.80. The van der Waals surface area contributed by atoms with Crippen molar-refractivity contribution in [2.24, 2.45) is 5.92 Å². The van der Waals surface area contributed by atoms with Crippen LogP contribution in [0.2, 0.25) is 0 Å². The lowest BCUT2D eigenvalue weighted by atomic mass is 9.87. The van der Waals surface area contributed by atoms with E-state index >= 15 is 0 Å². The highest BCUT2D eigenvalue weighted by Crippen LogP contribution is 2.25. The molecule has 0 aromatic carbocycles. The Morgan fingerprint density at radius 3 is 2.17 bits per heavy atom. The van der Waals surface area contributed by atoms with E-state index in [9.17, 15) is 0 Å². The summed E-state index contributed by atoms with van der Waals surface area (Å²) in [4.78, 5) is 0. The molecule has 1 rings (SSSR count). The van der Waals surface area contributed by atoms with Crippen LogP contribution in [0.1, 0.15) is 90.4 Å². The Hall–Kier alpha value is -0.0400. The van der Waals surface area contributed by atoms with Crippen molar-refractivity contribution in [3.8, 4) is 0 Å². The molecule has 0 aromatic heterocycles. The first kappa shape index (κ1) is 16.0. The molecule has 0 heterocycles. The molecule has 1 N–H and O–H groups in total. The van der Waals surface area contributed by atoms with Gasteiger partial charge in [-0.05, 0) is 31.8 Å². The molecule has 0 radical (unpaired) electrons. The molecule has 0 amide bonds. The SMILES string of the molecule is CCCCCCCCCNCCC1CCCCC1. The second kappa shape index (κ2) is 12.0. The Morgan fingerprint density at radius 2 is 1.44 bits per heavy atom. The van der Waals surface area contributed by atoms with Crippen LogP contribution in [0.5, 0.6) is 0 Å². The molecule has 18 heavy (non-hydrogen) atoms. The summed E-state index contributed by atoms with van der Waals surface area (Å²) >= 11 is 0. The number of hydrogen-bond donors (Lipinski definition) is 1. The van der Waals surface area contributed by atoms with E-state index in [4.69, 9.17) is 0 Å². The van der Waals surface area contributed by atoms with Gasteiger partial charge in [-0.3, -0.25) is 0 Å². The molecule has 1 heteroatoms. The summed E-state index contributed by atoms with van der Waals surface area (Å²) in [6, 6.07) is 0. The van der Waals surface area contributed by atoms with Crippen LogP contribution < -0.4 is 5.32 Å². The molecule has 0 aliphatic heterocycles. The van der Waals surface area contributed by atoms with Gasteiger partial charge in [-0.15, -0.1) is 0 Å². The van der Waals surface area contributed by atoms with Crippen LogP contribution in [0, 0.1) is 5.92 Å². The van der Waals surface area contributed by atoms with E-state index in [2.05, 4.69) is 12.2 Å². The Bertz CT molecular complexity index is 161. The zero-order valence-corrected chi connectivity index (χ0v) is 12.7. The monoisotopic (exact) mass is 253 g/mol. The first-order chi connectivity index (χ1) is 8.93. The van der Waals surface area contributed by atoms with Crippen molar-refractivity contribution in [1.82, 2.24) is 5.32 Å². The second-order valence-electron chi connectivity index (χ2n) is 6.16. The molecule has 1 fully saturated rings.